The van der Waals surface area contributed by atoms with Crippen LogP contribution in [0.3, 0.4) is 0 Å². The molecular weight excluding hydrogens is 223 g/mol. The molecule has 0 amide bonds. The van der Waals surface area contributed by atoms with Crippen LogP contribution >= 0.6 is 0 Å². The lowest BCUT2D eigenvalue weighted by Gasteiger charge is -2.30. The maximum atomic E-state index is 13.0. The first kappa shape index (κ1) is 12.8. The average Bonchev–Trinajstić information content (AvgIpc) is 2.68. The molecule has 1 aliphatic rings. The number of halogens is 1. The van der Waals surface area contributed by atoms with Gasteiger partial charge in [-0.15, -0.1) is 0 Å². The summed E-state index contributed by atoms with van der Waals surface area (Å²) < 4.78 is 13.0. The third-order valence-corrected chi connectivity index (χ3v) is 3.81. The second-order valence-electron chi connectivity index (χ2n) is 4.88. The fourth-order valence-corrected chi connectivity index (χ4v) is 2.34. The first-order chi connectivity index (χ1) is 8.66. The predicted octanol–water partition coefficient (Wildman–Crippen LogP) is 4.94. The van der Waals surface area contributed by atoms with E-state index in [9.17, 15) is 4.39 Å². The predicted molar refractivity (Wildman–Crippen MR) is 75.0 cm³/mol. The van der Waals surface area contributed by atoms with E-state index in [0.29, 0.717) is 0 Å². The molecule has 0 heterocycles. The molecule has 0 aliphatic heterocycles. The van der Waals surface area contributed by atoms with Gasteiger partial charge in [-0.3, -0.25) is 0 Å². The van der Waals surface area contributed by atoms with Crippen molar-refractivity contribution < 1.29 is 4.39 Å². The van der Waals surface area contributed by atoms with Crippen molar-refractivity contribution >= 4 is 0 Å². The highest BCUT2D eigenvalue weighted by Gasteiger charge is 2.27. The van der Waals surface area contributed by atoms with Gasteiger partial charge in [0.1, 0.15) is 5.82 Å². The van der Waals surface area contributed by atoms with E-state index in [1.807, 2.05) is 12.1 Å². The second kappa shape index (κ2) is 5.34. The highest BCUT2D eigenvalue weighted by atomic mass is 19.1. The van der Waals surface area contributed by atoms with Crippen LogP contribution in [0.5, 0.6) is 0 Å². The third kappa shape index (κ3) is 2.45. The smallest absolute Gasteiger partial charge is 0.123 e. The van der Waals surface area contributed by atoms with Crippen LogP contribution in [0.1, 0.15) is 32.3 Å². The van der Waals surface area contributed by atoms with Crippen molar-refractivity contribution in [2.75, 3.05) is 0 Å². The summed E-state index contributed by atoms with van der Waals surface area (Å²) in [5.74, 6) is -0.178. The van der Waals surface area contributed by atoms with Crippen molar-refractivity contribution in [2.45, 2.75) is 32.1 Å². The largest absolute Gasteiger partial charge is 0.207 e. The normalized spacial score (nSPS) is 18.1. The van der Waals surface area contributed by atoms with Gasteiger partial charge < -0.3 is 0 Å². The molecule has 0 N–H and O–H groups in total. The maximum Gasteiger partial charge on any atom is 0.123 e. The van der Waals surface area contributed by atoms with Crippen molar-refractivity contribution in [3.05, 3.63) is 71.6 Å². The maximum absolute atomic E-state index is 13.0. The van der Waals surface area contributed by atoms with Crippen molar-refractivity contribution in [3.8, 4) is 0 Å². The summed E-state index contributed by atoms with van der Waals surface area (Å²) in [6.07, 6.45) is 12.7. The summed E-state index contributed by atoms with van der Waals surface area (Å²) in [5.41, 5.74) is 2.39. The zero-order valence-corrected chi connectivity index (χ0v) is 11.0. The SMILES string of the molecule is CCC(C)(C1=CC=CCC=C1)c1ccc(F)cc1. The topological polar surface area (TPSA) is 0 Å². The van der Waals surface area contributed by atoms with E-state index in [0.717, 1.165) is 18.4 Å². The quantitative estimate of drug-likeness (QED) is 0.704. The molecule has 0 spiro atoms. The molecule has 2 rings (SSSR count). The molecule has 0 saturated heterocycles. The van der Waals surface area contributed by atoms with Gasteiger partial charge in [0, 0.05) is 5.41 Å². The van der Waals surface area contributed by atoms with E-state index in [1.54, 1.807) is 12.1 Å². The molecule has 0 bridgehead atoms. The first-order valence-electron chi connectivity index (χ1n) is 6.46. The van der Waals surface area contributed by atoms with Gasteiger partial charge in [-0.2, -0.15) is 0 Å². The highest BCUT2D eigenvalue weighted by Crippen LogP contribution is 2.36. The number of allylic oxidation sites excluding steroid dienone is 6. The highest BCUT2D eigenvalue weighted by molar-refractivity contribution is 5.43. The van der Waals surface area contributed by atoms with Crippen LogP contribution in [0.25, 0.3) is 0 Å². The van der Waals surface area contributed by atoms with Crippen molar-refractivity contribution in [3.63, 3.8) is 0 Å². The molecule has 0 saturated carbocycles. The lowest BCUT2D eigenvalue weighted by atomic mass is 9.73. The molecule has 0 fully saturated rings. The molecule has 1 aromatic rings. The van der Waals surface area contributed by atoms with Crippen LogP contribution in [0.2, 0.25) is 0 Å². The number of hydrogen-bond acceptors (Lipinski definition) is 0. The lowest BCUT2D eigenvalue weighted by molar-refractivity contribution is 0.545. The van der Waals surface area contributed by atoms with Gasteiger partial charge in [0.15, 0.2) is 0 Å². The van der Waals surface area contributed by atoms with Gasteiger partial charge in [-0.1, -0.05) is 56.4 Å². The molecule has 1 aromatic carbocycles. The Hall–Kier alpha value is -1.63. The fraction of sp³-hybridized carbons (Fsp3) is 0.294. The van der Waals surface area contributed by atoms with Gasteiger partial charge in [0.25, 0.3) is 0 Å². The first-order valence-corrected chi connectivity index (χ1v) is 6.46. The van der Waals surface area contributed by atoms with Gasteiger partial charge in [-0.05, 0) is 36.1 Å². The van der Waals surface area contributed by atoms with Crippen molar-refractivity contribution in [1.82, 2.24) is 0 Å². The molecule has 1 aliphatic carbocycles. The molecule has 0 aromatic heterocycles. The lowest BCUT2D eigenvalue weighted by Crippen LogP contribution is -2.23. The standard InChI is InChI=1S/C17H19F/c1-3-17(2,14-8-6-4-5-7-9-14)15-10-12-16(18)13-11-15/h4,6-13H,3,5H2,1-2H3. The van der Waals surface area contributed by atoms with Gasteiger partial charge >= 0.3 is 0 Å². The zero-order valence-electron chi connectivity index (χ0n) is 11.0. The Morgan fingerprint density at radius 3 is 2.56 bits per heavy atom. The van der Waals surface area contributed by atoms with Gasteiger partial charge in [0.05, 0.1) is 0 Å². The average molecular weight is 242 g/mol. The van der Waals surface area contributed by atoms with E-state index in [2.05, 4.69) is 44.2 Å². The van der Waals surface area contributed by atoms with Crippen LogP contribution in [0.15, 0.2) is 60.2 Å². The Labute approximate surface area is 109 Å². The van der Waals surface area contributed by atoms with Crippen molar-refractivity contribution in [1.29, 1.82) is 0 Å². The molecule has 1 atom stereocenters. The number of rotatable bonds is 3. The van der Waals surface area contributed by atoms with E-state index < -0.39 is 0 Å². The molecule has 1 heteroatoms. The van der Waals surface area contributed by atoms with Crippen molar-refractivity contribution in [2.24, 2.45) is 0 Å². The second-order valence-corrected chi connectivity index (χ2v) is 4.88. The summed E-state index contributed by atoms with van der Waals surface area (Å²) in [6, 6.07) is 6.87. The summed E-state index contributed by atoms with van der Waals surface area (Å²) in [5, 5.41) is 0. The van der Waals surface area contributed by atoms with Crippen LogP contribution in [-0.4, -0.2) is 0 Å². The van der Waals surface area contributed by atoms with E-state index in [-0.39, 0.29) is 11.2 Å². The fourth-order valence-electron chi connectivity index (χ4n) is 2.34. The Bertz CT molecular complexity index is 491. The molecule has 0 radical (unpaired) electrons. The molecule has 94 valence electrons. The summed E-state index contributed by atoms with van der Waals surface area (Å²) in [4.78, 5) is 0. The summed E-state index contributed by atoms with van der Waals surface area (Å²) in [7, 11) is 0. The van der Waals surface area contributed by atoms with E-state index >= 15 is 0 Å². The molecular formula is C17H19F. The van der Waals surface area contributed by atoms with Crippen LogP contribution in [0.4, 0.5) is 4.39 Å². The van der Waals surface area contributed by atoms with Crippen LogP contribution < -0.4 is 0 Å². The van der Waals surface area contributed by atoms with Crippen LogP contribution in [-0.2, 0) is 5.41 Å². The van der Waals surface area contributed by atoms with Crippen LogP contribution in [0, 0.1) is 5.82 Å². The molecule has 1 unspecified atom stereocenters. The Morgan fingerprint density at radius 2 is 1.89 bits per heavy atom. The monoisotopic (exact) mass is 242 g/mol. The van der Waals surface area contributed by atoms with E-state index in [1.165, 1.54) is 5.57 Å². The minimum Gasteiger partial charge on any atom is -0.207 e. The molecule has 18 heavy (non-hydrogen) atoms. The molecule has 0 nitrogen and oxygen atoms in total. The van der Waals surface area contributed by atoms with E-state index in [4.69, 9.17) is 0 Å². The number of benzene rings is 1. The van der Waals surface area contributed by atoms with Gasteiger partial charge in [-0.25, -0.2) is 4.39 Å². The Morgan fingerprint density at radius 1 is 1.17 bits per heavy atom. The Balaban J connectivity index is 2.44. The minimum absolute atomic E-state index is 0.0567. The summed E-state index contributed by atoms with van der Waals surface area (Å²) >= 11 is 0. The Kier molecular flexibility index (Phi) is 3.81. The zero-order chi connectivity index (χ0) is 13.0. The minimum atomic E-state index is -0.178. The van der Waals surface area contributed by atoms with Gasteiger partial charge in [0.2, 0.25) is 0 Å². The number of hydrogen-bond donors (Lipinski definition) is 0. The summed E-state index contributed by atoms with van der Waals surface area (Å²) in [6.45, 7) is 4.39. The third-order valence-electron chi connectivity index (χ3n) is 3.81.